The number of hydrogen-bond acceptors (Lipinski definition) is 6. The summed E-state index contributed by atoms with van der Waals surface area (Å²) in [4.78, 5) is 38.5. The Morgan fingerprint density at radius 1 is 0.232 bits per heavy atom. The molecule has 0 heterocycles. The zero-order chi connectivity index (χ0) is 59.2. The molecule has 0 aliphatic carbocycles. The standard InChI is InChI=1S/C76H142O6/c1-4-7-10-13-16-19-22-25-28-31-33-35-36-37-38-39-40-42-43-45-48-51-54-57-60-63-66-69-75(78)81-72-73(71-80-74(77)68-65-62-59-56-53-50-47-30-27-24-21-18-15-12-9-6-3)82-76(79)70-67-64-61-58-55-52-49-46-44-41-34-32-29-26-23-20-17-14-11-8-5-2/h30-34,47,73H,4-29,35-46,48-72H2,1-3H3/b33-31-,34-32-,47-30-. The van der Waals surface area contributed by atoms with Crippen LogP contribution in [0, 0.1) is 0 Å². The first-order chi connectivity index (χ1) is 40.5. The lowest BCUT2D eigenvalue weighted by atomic mass is 10.0. The molecule has 1 unspecified atom stereocenters. The van der Waals surface area contributed by atoms with Gasteiger partial charge in [0.25, 0.3) is 0 Å². The fourth-order valence-corrected chi connectivity index (χ4v) is 11.3. The van der Waals surface area contributed by atoms with E-state index < -0.39 is 6.10 Å². The molecule has 6 heteroatoms. The molecule has 0 rings (SSSR count). The van der Waals surface area contributed by atoms with Crippen LogP contribution in [0.3, 0.4) is 0 Å². The van der Waals surface area contributed by atoms with E-state index in [0.717, 1.165) is 64.2 Å². The highest BCUT2D eigenvalue weighted by atomic mass is 16.6. The Bertz CT molecular complexity index is 1370. The van der Waals surface area contributed by atoms with Crippen LogP contribution in [0.4, 0.5) is 0 Å². The molecule has 0 aromatic carbocycles. The average molecular weight is 1150 g/mol. The minimum Gasteiger partial charge on any atom is -0.462 e. The van der Waals surface area contributed by atoms with Crippen LogP contribution in [0.1, 0.15) is 412 Å². The van der Waals surface area contributed by atoms with Crippen LogP contribution >= 0.6 is 0 Å². The number of hydrogen-bond donors (Lipinski definition) is 0. The fraction of sp³-hybridized carbons (Fsp3) is 0.882. The molecule has 6 nitrogen and oxygen atoms in total. The van der Waals surface area contributed by atoms with Crippen molar-refractivity contribution < 1.29 is 28.6 Å². The predicted octanol–water partition coefficient (Wildman–Crippen LogP) is 25.5. The number of esters is 3. The van der Waals surface area contributed by atoms with E-state index in [1.807, 2.05) is 0 Å². The van der Waals surface area contributed by atoms with Gasteiger partial charge in [0.1, 0.15) is 13.2 Å². The molecule has 0 saturated carbocycles. The molecule has 0 radical (unpaired) electrons. The van der Waals surface area contributed by atoms with Crippen LogP contribution < -0.4 is 0 Å². The van der Waals surface area contributed by atoms with Gasteiger partial charge in [-0.15, -0.1) is 0 Å². The van der Waals surface area contributed by atoms with Gasteiger partial charge in [-0.2, -0.15) is 0 Å². The molecule has 0 aromatic heterocycles. The van der Waals surface area contributed by atoms with E-state index >= 15 is 0 Å². The summed E-state index contributed by atoms with van der Waals surface area (Å²) in [6, 6.07) is 0. The number of allylic oxidation sites excluding steroid dienone is 6. The lowest BCUT2D eigenvalue weighted by Crippen LogP contribution is -2.30. The summed E-state index contributed by atoms with van der Waals surface area (Å²) in [7, 11) is 0. The Morgan fingerprint density at radius 2 is 0.402 bits per heavy atom. The summed E-state index contributed by atoms with van der Waals surface area (Å²) in [5.74, 6) is -0.852. The quantitative estimate of drug-likeness (QED) is 0.0261. The number of unbranched alkanes of at least 4 members (excludes halogenated alkanes) is 52. The van der Waals surface area contributed by atoms with Crippen LogP contribution in [0.15, 0.2) is 36.5 Å². The highest BCUT2D eigenvalue weighted by Gasteiger charge is 2.19. The minimum atomic E-state index is -0.777. The van der Waals surface area contributed by atoms with E-state index in [0.29, 0.717) is 19.3 Å². The molecular formula is C76H142O6. The van der Waals surface area contributed by atoms with Gasteiger partial charge in [-0.05, 0) is 96.3 Å². The summed E-state index contributed by atoms with van der Waals surface area (Å²) >= 11 is 0. The zero-order valence-electron chi connectivity index (χ0n) is 55.5. The Hall–Kier alpha value is -2.37. The van der Waals surface area contributed by atoms with Gasteiger partial charge in [0.15, 0.2) is 6.10 Å². The lowest BCUT2D eigenvalue weighted by Gasteiger charge is -2.18. The second kappa shape index (κ2) is 71.1. The molecule has 0 aliphatic heterocycles. The van der Waals surface area contributed by atoms with Crippen LogP contribution in [-0.2, 0) is 28.6 Å². The third kappa shape index (κ3) is 68.4. The predicted molar refractivity (Wildman–Crippen MR) is 358 cm³/mol. The van der Waals surface area contributed by atoms with Crippen LogP contribution in [0.5, 0.6) is 0 Å². The Kier molecular flexibility index (Phi) is 69.1. The average Bonchev–Trinajstić information content (AvgIpc) is 3.47. The fourth-order valence-electron chi connectivity index (χ4n) is 11.3. The molecule has 0 amide bonds. The highest BCUT2D eigenvalue weighted by molar-refractivity contribution is 5.71. The van der Waals surface area contributed by atoms with E-state index in [1.54, 1.807) is 0 Å². The van der Waals surface area contributed by atoms with Crippen molar-refractivity contribution in [3.05, 3.63) is 36.5 Å². The summed E-state index contributed by atoms with van der Waals surface area (Å²) < 4.78 is 17.0. The van der Waals surface area contributed by atoms with Gasteiger partial charge < -0.3 is 14.2 Å². The second-order valence-corrected chi connectivity index (χ2v) is 25.2. The Labute approximate surface area is 512 Å². The molecule has 0 spiro atoms. The maximum absolute atomic E-state index is 13.0. The van der Waals surface area contributed by atoms with Crippen molar-refractivity contribution in [3.63, 3.8) is 0 Å². The molecular weight excluding hydrogens is 1010 g/mol. The zero-order valence-corrected chi connectivity index (χ0v) is 55.5. The summed E-state index contributed by atoms with van der Waals surface area (Å²) in [6.45, 7) is 6.71. The first kappa shape index (κ1) is 79.6. The van der Waals surface area contributed by atoms with Crippen molar-refractivity contribution in [3.8, 4) is 0 Å². The first-order valence-corrected chi connectivity index (χ1v) is 37.0. The van der Waals surface area contributed by atoms with Gasteiger partial charge in [0, 0.05) is 19.3 Å². The number of ether oxygens (including phenoxy) is 3. The lowest BCUT2D eigenvalue weighted by molar-refractivity contribution is -0.167. The first-order valence-electron chi connectivity index (χ1n) is 37.0. The highest BCUT2D eigenvalue weighted by Crippen LogP contribution is 2.18. The number of carbonyl (C=O) groups excluding carboxylic acids is 3. The van der Waals surface area contributed by atoms with E-state index in [2.05, 4.69) is 57.2 Å². The maximum Gasteiger partial charge on any atom is 0.306 e. The summed E-state index contributed by atoms with van der Waals surface area (Å²) in [6.07, 6.45) is 89.0. The molecule has 0 aliphatic rings. The Morgan fingerprint density at radius 3 is 0.610 bits per heavy atom. The van der Waals surface area contributed by atoms with Crippen molar-refractivity contribution >= 4 is 17.9 Å². The second-order valence-electron chi connectivity index (χ2n) is 25.2. The minimum absolute atomic E-state index is 0.0712. The van der Waals surface area contributed by atoms with Gasteiger partial charge >= 0.3 is 17.9 Å². The largest absolute Gasteiger partial charge is 0.462 e. The number of rotatable bonds is 69. The molecule has 0 fully saturated rings. The molecule has 1 atom stereocenters. The van der Waals surface area contributed by atoms with Crippen molar-refractivity contribution in [2.45, 2.75) is 419 Å². The van der Waals surface area contributed by atoms with E-state index in [-0.39, 0.29) is 31.1 Å². The third-order valence-electron chi connectivity index (χ3n) is 16.8. The molecule has 0 aromatic rings. The maximum atomic E-state index is 13.0. The van der Waals surface area contributed by atoms with Crippen molar-refractivity contribution in [2.75, 3.05) is 13.2 Å². The summed E-state index contributed by atoms with van der Waals surface area (Å²) in [5, 5.41) is 0. The molecule has 0 bridgehead atoms. The van der Waals surface area contributed by atoms with Crippen molar-refractivity contribution in [2.24, 2.45) is 0 Å². The summed E-state index contributed by atoms with van der Waals surface area (Å²) in [5.41, 5.74) is 0. The van der Waals surface area contributed by atoms with E-state index in [4.69, 9.17) is 14.2 Å². The Balaban J connectivity index is 4.26. The van der Waals surface area contributed by atoms with Crippen LogP contribution in [0.25, 0.3) is 0 Å². The SMILES string of the molecule is CCCCCCCCC/C=C\CCCCCCCC(=O)OCC(COC(=O)CCCCCCCCCCCCCCCCC/C=C\CCCCCCCCCC)OC(=O)CCCCCCCCCCC/C=C\CCCCCCCCCC. The molecule has 82 heavy (non-hydrogen) atoms. The van der Waals surface area contributed by atoms with Gasteiger partial charge in [-0.3, -0.25) is 14.4 Å². The van der Waals surface area contributed by atoms with E-state index in [1.165, 1.54) is 308 Å². The molecule has 0 saturated heterocycles. The van der Waals surface area contributed by atoms with Gasteiger partial charge in [-0.1, -0.05) is 333 Å². The smallest absolute Gasteiger partial charge is 0.306 e. The number of carbonyl (C=O) groups is 3. The van der Waals surface area contributed by atoms with Crippen LogP contribution in [0.2, 0.25) is 0 Å². The van der Waals surface area contributed by atoms with Crippen molar-refractivity contribution in [1.82, 2.24) is 0 Å². The van der Waals surface area contributed by atoms with E-state index in [9.17, 15) is 14.4 Å². The van der Waals surface area contributed by atoms with Gasteiger partial charge in [0.05, 0.1) is 0 Å². The molecule has 0 N–H and O–H groups in total. The molecule has 482 valence electrons. The monoisotopic (exact) mass is 1150 g/mol. The topological polar surface area (TPSA) is 78.9 Å². The van der Waals surface area contributed by atoms with Crippen LogP contribution in [-0.4, -0.2) is 37.2 Å². The third-order valence-corrected chi connectivity index (χ3v) is 16.8. The van der Waals surface area contributed by atoms with Gasteiger partial charge in [0.2, 0.25) is 0 Å². The van der Waals surface area contributed by atoms with Gasteiger partial charge in [-0.25, -0.2) is 0 Å². The van der Waals surface area contributed by atoms with Crippen molar-refractivity contribution in [1.29, 1.82) is 0 Å². The normalized spacial score (nSPS) is 12.2.